The second kappa shape index (κ2) is 6.36. The van der Waals surface area contributed by atoms with Crippen molar-refractivity contribution in [2.45, 2.75) is 45.6 Å². The largest absolute Gasteiger partial charge is 0.481 e. The molecule has 0 fully saturated rings. The molecule has 6 heteroatoms. The first-order chi connectivity index (χ1) is 6.87. The number of aliphatic carboxylic acids is 1. The van der Waals surface area contributed by atoms with E-state index in [1.165, 1.54) is 0 Å². The number of carboxylic acids is 1. The van der Waals surface area contributed by atoms with Crippen LogP contribution in [0.1, 0.15) is 40.0 Å². The van der Waals surface area contributed by atoms with Gasteiger partial charge in [-0.25, -0.2) is 4.79 Å². The molecule has 0 radical (unpaired) electrons. The van der Waals surface area contributed by atoms with Crippen LogP contribution in [0.25, 0.3) is 0 Å². The summed E-state index contributed by atoms with van der Waals surface area (Å²) in [6.45, 7) is 5.41. The Balaban J connectivity index is 3.59. The van der Waals surface area contributed by atoms with Crippen LogP contribution in [-0.2, 0) is 24.4 Å². The predicted octanol–water partition coefficient (Wildman–Crippen LogP) is 1.45. The predicted molar refractivity (Wildman–Crippen MR) is 49.5 cm³/mol. The van der Waals surface area contributed by atoms with Gasteiger partial charge in [-0.2, -0.15) is 4.89 Å². The molecule has 0 spiro atoms. The minimum Gasteiger partial charge on any atom is -0.481 e. The smallest absolute Gasteiger partial charge is 0.346 e. The summed E-state index contributed by atoms with van der Waals surface area (Å²) < 4.78 is 0. The maximum atomic E-state index is 10.8. The van der Waals surface area contributed by atoms with Gasteiger partial charge in [0.25, 0.3) is 0 Å². The SMILES string of the molecule is CCC(C)(C)OOOC(=O)CCC(=O)O. The standard InChI is InChI=1S/C9H16O6/c1-4-9(2,3)14-15-13-8(12)6-5-7(10)11/h4-6H2,1-3H3,(H,10,11). The number of carbonyl (C=O) groups is 2. The molecule has 0 aromatic carbocycles. The molecular formula is C9H16O6. The molecule has 0 heterocycles. The normalized spacial score (nSPS) is 11.1. The molecule has 0 aliphatic heterocycles. The van der Waals surface area contributed by atoms with Gasteiger partial charge in [0.15, 0.2) is 0 Å². The van der Waals surface area contributed by atoms with Crippen molar-refractivity contribution in [1.29, 1.82) is 0 Å². The van der Waals surface area contributed by atoms with Crippen LogP contribution in [0.15, 0.2) is 0 Å². The van der Waals surface area contributed by atoms with Gasteiger partial charge in [0, 0.05) is 0 Å². The minimum absolute atomic E-state index is 0.245. The van der Waals surface area contributed by atoms with Gasteiger partial charge in [0.05, 0.1) is 12.8 Å². The maximum Gasteiger partial charge on any atom is 0.346 e. The molecule has 0 saturated carbocycles. The molecule has 15 heavy (non-hydrogen) atoms. The summed E-state index contributed by atoms with van der Waals surface area (Å²) >= 11 is 0. The Morgan fingerprint density at radius 3 is 2.33 bits per heavy atom. The molecule has 6 nitrogen and oxygen atoms in total. The van der Waals surface area contributed by atoms with Gasteiger partial charge in [-0.3, -0.25) is 9.68 Å². The molecular weight excluding hydrogens is 204 g/mol. The third-order valence-electron chi connectivity index (χ3n) is 1.78. The second-order valence-electron chi connectivity index (χ2n) is 3.61. The average molecular weight is 220 g/mol. The van der Waals surface area contributed by atoms with Crippen molar-refractivity contribution in [3.63, 3.8) is 0 Å². The lowest BCUT2D eigenvalue weighted by Gasteiger charge is -2.19. The summed E-state index contributed by atoms with van der Waals surface area (Å²) in [5, 5.41) is 12.5. The molecule has 0 atom stereocenters. The molecule has 0 unspecified atom stereocenters. The summed E-state index contributed by atoms with van der Waals surface area (Å²) in [5.41, 5.74) is -0.549. The van der Waals surface area contributed by atoms with Crippen LogP contribution in [0.4, 0.5) is 0 Å². The van der Waals surface area contributed by atoms with Crippen molar-refractivity contribution in [1.82, 2.24) is 0 Å². The minimum atomic E-state index is -1.07. The molecule has 0 saturated heterocycles. The highest BCUT2D eigenvalue weighted by Gasteiger charge is 2.18. The van der Waals surface area contributed by atoms with Crippen molar-refractivity contribution >= 4 is 11.9 Å². The van der Waals surface area contributed by atoms with E-state index >= 15 is 0 Å². The average Bonchev–Trinajstić information content (AvgIpc) is 2.14. The molecule has 0 aliphatic rings. The van der Waals surface area contributed by atoms with Crippen LogP contribution in [0, 0.1) is 0 Å². The van der Waals surface area contributed by atoms with Gasteiger partial charge in [0.2, 0.25) is 0 Å². The van der Waals surface area contributed by atoms with E-state index in [9.17, 15) is 9.59 Å². The van der Waals surface area contributed by atoms with E-state index in [-0.39, 0.29) is 12.8 Å². The molecule has 0 aromatic heterocycles. The van der Waals surface area contributed by atoms with Gasteiger partial charge in [0.1, 0.15) is 5.60 Å². The van der Waals surface area contributed by atoms with Crippen LogP contribution in [0.2, 0.25) is 0 Å². The van der Waals surface area contributed by atoms with Crippen molar-refractivity contribution < 1.29 is 29.5 Å². The highest BCUT2D eigenvalue weighted by atomic mass is 17.5. The lowest BCUT2D eigenvalue weighted by atomic mass is 10.1. The number of hydrogen-bond acceptors (Lipinski definition) is 5. The Bertz CT molecular complexity index is 223. The summed E-state index contributed by atoms with van der Waals surface area (Å²) in [6.07, 6.45) is 0.143. The number of carboxylic acid groups (broad SMARTS) is 1. The van der Waals surface area contributed by atoms with Crippen LogP contribution >= 0.6 is 0 Å². The fourth-order valence-electron chi connectivity index (χ4n) is 0.457. The quantitative estimate of drug-likeness (QED) is 0.516. The van der Waals surface area contributed by atoms with Gasteiger partial charge in [-0.05, 0) is 25.3 Å². The van der Waals surface area contributed by atoms with Crippen molar-refractivity contribution in [2.24, 2.45) is 0 Å². The zero-order valence-electron chi connectivity index (χ0n) is 9.11. The molecule has 0 aromatic rings. The van der Waals surface area contributed by atoms with Crippen LogP contribution < -0.4 is 0 Å². The van der Waals surface area contributed by atoms with E-state index in [4.69, 9.17) is 9.99 Å². The molecule has 0 amide bonds. The van der Waals surface area contributed by atoms with E-state index < -0.39 is 17.5 Å². The first kappa shape index (κ1) is 13.9. The fourth-order valence-corrected chi connectivity index (χ4v) is 0.457. The topological polar surface area (TPSA) is 82.1 Å². The monoisotopic (exact) mass is 220 g/mol. The van der Waals surface area contributed by atoms with Gasteiger partial charge in [-0.1, -0.05) is 6.92 Å². The Morgan fingerprint density at radius 2 is 1.87 bits per heavy atom. The Labute approximate surface area is 88.0 Å². The Kier molecular flexibility index (Phi) is 5.88. The summed E-state index contributed by atoms with van der Waals surface area (Å²) in [5.74, 6) is -1.84. The summed E-state index contributed by atoms with van der Waals surface area (Å²) in [4.78, 5) is 29.9. The molecule has 88 valence electrons. The zero-order valence-corrected chi connectivity index (χ0v) is 9.11. The number of carbonyl (C=O) groups excluding carboxylic acids is 1. The summed E-state index contributed by atoms with van der Waals surface area (Å²) in [7, 11) is 0. The van der Waals surface area contributed by atoms with Crippen LogP contribution in [0.3, 0.4) is 0 Å². The van der Waals surface area contributed by atoms with Crippen LogP contribution in [-0.4, -0.2) is 22.6 Å². The molecule has 0 aliphatic carbocycles. The van der Waals surface area contributed by atoms with Gasteiger partial charge >= 0.3 is 11.9 Å². The van der Waals surface area contributed by atoms with Gasteiger partial charge < -0.3 is 5.11 Å². The molecule has 0 bridgehead atoms. The van der Waals surface area contributed by atoms with E-state index in [2.05, 4.69) is 9.93 Å². The third-order valence-corrected chi connectivity index (χ3v) is 1.78. The first-order valence-electron chi connectivity index (χ1n) is 4.64. The number of hydrogen-bond donors (Lipinski definition) is 1. The van der Waals surface area contributed by atoms with Crippen LogP contribution in [0.5, 0.6) is 0 Å². The lowest BCUT2D eigenvalue weighted by molar-refractivity contribution is -0.516. The first-order valence-corrected chi connectivity index (χ1v) is 4.64. The fraction of sp³-hybridized carbons (Fsp3) is 0.778. The summed E-state index contributed by atoms with van der Waals surface area (Å²) in [6, 6.07) is 0. The molecule has 0 rings (SSSR count). The highest BCUT2D eigenvalue weighted by Crippen LogP contribution is 2.13. The zero-order chi connectivity index (χ0) is 11.9. The van der Waals surface area contributed by atoms with E-state index in [1.54, 1.807) is 13.8 Å². The van der Waals surface area contributed by atoms with E-state index in [0.29, 0.717) is 6.42 Å². The second-order valence-corrected chi connectivity index (χ2v) is 3.61. The van der Waals surface area contributed by atoms with Crippen molar-refractivity contribution in [2.75, 3.05) is 0 Å². The van der Waals surface area contributed by atoms with Crippen molar-refractivity contribution in [3.8, 4) is 0 Å². The Morgan fingerprint density at radius 1 is 1.27 bits per heavy atom. The van der Waals surface area contributed by atoms with Crippen molar-refractivity contribution in [3.05, 3.63) is 0 Å². The van der Waals surface area contributed by atoms with Gasteiger partial charge in [-0.15, -0.1) is 0 Å². The number of rotatable bonds is 7. The lowest BCUT2D eigenvalue weighted by Crippen LogP contribution is -2.24. The maximum absolute atomic E-state index is 10.8. The Hall–Kier alpha value is -1.14. The highest BCUT2D eigenvalue weighted by molar-refractivity contribution is 5.76. The third kappa shape index (κ3) is 7.90. The molecule has 1 N–H and O–H groups in total. The van der Waals surface area contributed by atoms with E-state index in [0.717, 1.165) is 0 Å². The van der Waals surface area contributed by atoms with E-state index in [1.807, 2.05) is 6.92 Å².